The summed E-state index contributed by atoms with van der Waals surface area (Å²) >= 11 is 6.51. The average molecular weight is 328 g/mol. The lowest BCUT2D eigenvalue weighted by Gasteiger charge is -2.11. The van der Waals surface area contributed by atoms with Crippen LogP contribution in [-0.2, 0) is 4.84 Å². The van der Waals surface area contributed by atoms with Crippen molar-refractivity contribution in [2.24, 2.45) is 5.34 Å². The lowest BCUT2D eigenvalue weighted by molar-refractivity contribution is -0.00229. The van der Waals surface area contributed by atoms with E-state index in [4.69, 9.17) is 0 Å². The molecule has 8 heteroatoms. The Kier molecular flexibility index (Phi) is 7.86. The van der Waals surface area contributed by atoms with E-state index < -0.39 is 5.60 Å². The Balaban J connectivity index is 0.000000293. The summed E-state index contributed by atoms with van der Waals surface area (Å²) in [6.45, 7) is 7.37. The molecule has 0 unspecified atom stereocenters. The Morgan fingerprint density at radius 2 is 2.12 bits per heavy atom. The maximum absolute atomic E-state index is 9.35. The van der Waals surface area contributed by atoms with Crippen molar-refractivity contribution < 1.29 is 4.84 Å². The van der Waals surface area contributed by atoms with Crippen LogP contribution in [0.3, 0.4) is 0 Å². The monoisotopic (exact) mass is 327 g/mol. The first-order valence-electron chi connectivity index (χ1n) is 4.51. The van der Waals surface area contributed by atoms with Crippen LogP contribution in [0.4, 0.5) is 0 Å². The van der Waals surface area contributed by atoms with Crippen LogP contribution in [0.2, 0.25) is 0 Å². The van der Waals surface area contributed by atoms with Crippen molar-refractivity contribution in [2.75, 3.05) is 5.75 Å². The van der Waals surface area contributed by atoms with Crippen LogP contribution in [0.25, 0.3) is 0 Å². The number of hydrogen-bond donors (Lipinski definition) is 0. The molecule has 0 bridgehead atoms. The van der Waals surface area contributed by atoms with Crippen LogP contribution in [0.15, 0.2) is 13.6 Å². The number of halogens is 1. The normalized spacial score (nSPS) is 10.3. The van der Waals surface area contributed by atoms with Gasteiger partial charge in [-0.25, -0.2) is 0 Å². The Morgan fingerprint density at radius 3 is 2.38 bits per heavy atom. The topological polar surface area (TPSA) is 64.4 Å². The van der Waals surface area contributed by atoms with Crippen molar-refractivity contribution in [3.63, 3.8) is 0 Å². The Bertz CT molecular complexity index is 314. The minimum atomic E-state index is -0.429. The number of nitrogens with zero attached hydrogens (tertiary/aromatic N) is 3. The summed E-state index contributed by atoms with van der Waals surface area (Å²) in [6.07, 6.45) is 0. The van der Waals surface area contributed by atoms with Crippen molar-refractivity contribution in [1.29, 1.82) is 0 Å². The van der Waals surface area contributed by atoms with Gasteiger partial charge in [-0.1, -0.05) is 30.0 Å². The van der Waals surface area contributed by atoms with E-state index in [1.807, 2.05) is 0 Å². The molecule has 1 heterocycles. The van der Waals surface area contributed by atoms with E-state index in [1.54, 1.807) is 43.9 Å². The fourth-order valence-corrected chi connectivity index (χ4v) is 2.83. The van der Waals surface area contributed by atoms with Crippen LogP contribution in [0, 0.1) is 4.91 Å². The maximum atomic E-state index is 9.35. The molecule has 0 spiro atoms. The average Bonchev–Trinajstić information content (AvgIpc) is 2.51. The molecule has 0 aromatic carbocycles. The zero-order valence-electron chi connectivity index (χ0n) is 9.56. The first-order valence-corrected chi connectivity index (χ1v) is 7.11. The summed E-state index contributed by atoms with van der Waals surface area (Å²) in [5.41, 5.74) is -0.429. The molecule has 0 amide bonds. The van der Waals surface area contributed by atoms with Crippen molar-refractivity contribution in [1.82, 2.24) is 10.2 Å². The predicted octanol–water partition coefficient (Wildman–Crippen LogP) is 3.90. The molecule has 1 aromatic rings. The van der Waals surface area contributed by atoms with Crippen LogP contribution >= 0.6 is 39.0 Å². The molecule has 5 nitrogen and oxygen atoms in total. The second-order valence-electron chi connectivity index (χ2n) is 3.53. The first-order chi connectivity index (χ1) is 7.39. The van der Waals surface area contributed by atoms with Gasteiger partial charge in [0.25, 0.3) is 0 Å². The molecule has 0 N–H and O–H groups in total. The van der Waals surface area contributed by atoms with Gasteiger partial charge in [0, 0.05) is 0 Å². The molecule has 1 aromatic heterocycles. The first kappa shape index (κ1) is 15.8. The zero-order valence-corrected chi connectivity index (χ0v) is 12.8. The van der Waals surface area contributed by atoms with Gasteiger partial charge in [-0.2, -0.15) is 0 Å². The third kappa shape index (κ3) is 9.05. The van der Waals surface area contributed by atoms with E-state index >= 15 is 0 Å². The minimum absolute atomic E-state index is 0.429. The zero-order chi connectivity index (χ0) is 12.6. The van der Waals surface area contributed by atoms with E-state index in [1.165, 1.54) is 0 Å². The SMILES string of the molecule is CC(C)(C)ON=O.CCSc1nnc(Br)s1. The molecular weight excluding hydrogens is 314 g/mol. The quantitative estimate of drug-likeness (QED) is 0.478. The maximum Gasteiger partial charge on any atom is 0.184 e. The summed E-state index contributed by atoms with van der Waals surface area (Å²) in [7, 11) is 0. The van der Waals surface area contributed by atoms with Crippen molar-refractivity contribution in [2.45, 2.75) is 37.6 Å². The molecule has 0 aliphatic heterocycles. The second-order valence-corrected chi connectivity index (χ2v) is 7.30. The van der Waals surface area contributed by atoms with Gasteiger partial charge in [-0.15, -0.1) is 15.1 Å². The molecule has 1 rings (SSSR count). The van der Waals surface area contributed by atoms with E-state index in [-0.39, 0.29) is 0 Å². The van der Waals surface area contributed by atoms with Gasteiger partial charge in [-0.3, -0.25) is 0 Å². The van der Waals surface area contributed by atoms with Crippen molar-refractivity contribution in [3.8, 4) is 0 Å². The second kappa shape index (κ2) is 7.97. The lowest BCUT2D eigenvalue weighted by Crippen LogP contribution is -2.14. The highest BCUT2D eigenvalue weighted by Crippen LogP contribution is 2.24. The molecule has 0 fully saturated rings. The number of hydrogen-bond acceptors (Lipinski definition) is 7. The Morgan fingerprint density at radius 1 is 1.50 bits per heavy atom. The highest BCUT2D eigenvalue weighted by molar-refractivity contribution is 9.11. The molecule has 0 radical (unpaired) electrons. The Hall–Kier alpha value is -0.210. The van der Waals surface area contributed by atoms with Crippen LogP contribution < -0.4 is 0 Å². The standard InChI is InChI=1S/C4H5BrN2S2.C4H9NO2/c1-2-8-4-7-6-3(5)9-4;1-4(2,3)7-5-6/h2H2,1H3;1-3H3. The lowest BCUT2D eigenvalue weighted by atomic mass is 10.2. The van der Waals surface area contributed by atoms with E-state index in [9.17, 15) is 4.91 Å². The summed E-state index contributed by atoms with van der Waals surface area (Å²) in [4.78, 5) is 13.6. The van der Waals surface area contributed by atoms with Crippen molar-refractivity contribution in [3.05, 3.63) is 8.82 Å². The van der Waals surface area contributed by atoms with Crippen molar-refractivity contribution >= 4 is 39.0 Å². The summed E-state index contributed by atoms with van der Waals surface area (Å²) in [6, 6.07) is 0. The van der Waals surface area contributed by atoms with Gasteiger partial charge in [0.1, 0.15) is 5.60 Å². The van der Waals surface area contributed by atoms with E-state index in [2.05, 4.69) is 43.2 Å². The molecular formula is C8H14BrN3O2S2. The highest BCUT2D eigenvalue weighted by atomic mass is 79.9. The number of rotatable bonds is 3. The molecule has 16 heavy (non-hydrogen) atoms. The molecule has 0 saturated carbocycles. The van der Waals surface area contributed by atoms with Gasteiger partial charge in [0.05, 0.1) is 0 Å². The van der Waals surface area contributed by atoms with Crippen LogP contribution in [0.5, 0.6) is 0 Å². The number of aromatic nitrogens is 2. The fourth-order valence-electron chi connectivity index (χ4n) is 0.487. The largest absolute Gasteiger partial charge is 0.358 e. The molecule has 0 saturated heterocycles. The van der Waals surface area contributed by atoms with Crippen LogP contribution in [0.1, 0.15) is 27.7 Å². The summed E-state index contributed by atoms with van der Waals surface area (Å²) < 4.78 is 1.89. The number of thioether (sulfide) groups is 1. The van der Waals surface area contributed by atoms with E-state index in [0.29, 0.717) is 0 Å². The smallest absolute Gasteiger partial charge is 0.184 e. The predicted molar refractivity (Wildman–Crippen MR) is 70.6 cm³/mol. The molecule has 0 aliphatic carbocycles. The Labute approximate surface area is 111 Å². The summed E-state index contributed by atoms with van der Waals surface area (Å²) in [5, 5.41) is 9.95. The van der Waals surface area contributed by atoms with Gasteiger partial charge in [0.15, 0.2) is 13.6 Å². The van der Waals surface area contributed by atoms with Gasteiger partial charge >= 0.3 is 0 Å². The molecule has 0 atom stereocenters. The molecule has 0 aliphatic rings. The third-order valence-electron chi connectivity index (χ3n) is 0.961. The van der Waals surface area contributed by atoms with E-state index in [0.717, 1.165) is 14.0 Å². The van der Waals surface area contributed by atoms with Crippen LogP contribution in [-0.4, -0.2) is 21.6 Å². The van der Waals surface area contributed by atoms with Gasteiger partial charge in [-0.05, 0) is 42.5 Å². The highest BCUT2D eigenvalue weighted by Gasteiger charge is 2.09. The third-order valence-corrected chi connectivity index (χ3v) is 3.33. The van der Waals surface area contributed by atoms with Gasteiger partial charge in [0.2, 0.25) is 0 Å². The summed E-state index contributed by atoms with van der Waals surface area (Å²) in [5.74, 6) is 1.06. The molecule has 92 valence electrons. The van der Waals surface area contributed by atoms with Gasteiger partial charge < -0.3 is 4.84 Å². The minimum Gasteiger partial charge on any atom is -0.358 e. The fraction of sp³-hybridized carbons (Fsp3) is 0.750.